The molecule has 10 heteroatoms. The summed E-state index contributed by atoms with van der Waals surface area (Å²) in [4.78, 5) is 26.6. The van der Waals surface area contributed by atoms with E-state index >= 15 is 0 Å². The molecule has 0 atom stereocenters. The third-order valence-electron chi connectivity index (χ3n) is 3.10. The molecule has 0 unspecified atom stereocenters. The van der Waals surface area contributed by atoms with E-state index in [2.05, 4.69) is 10.1 Å². The SMILES string of the molecule is Cc1nn(-c2nc3sccn3c2[N+](=O)[O-])c(C)c1C(=O)O. The molecule has 3 aromatic rings. The maximum atomic E-state index is 11.3. The lowest BCUT2D eigenvalue weighted by Crippen LogP contribution is -2.06. The van der Waals surface area contributed by atoms with E-state index in [1.807, 2.05) is 0 Å². The lowest BCUT2D eigenvalue weighted by atomic mass is 10.2. The molecular weight excluding hydrogens is 298 g/mol. The van der Waals surface area contributed by atoms with Gasteiger partial charge in [0.1, 0.15) is 11.8 Å². The summed E-state index contributed by atoms with van der Waals surface area (Å²) >= 11 is 1.25. The van der Waals surface area contributed by atoms with E-state index in [0.717, 1.165) is 0 Å². The van der Waals surface area contributed by atoms with E-state index in [-0.39, 0.29) is 22.9 Å². The number of nitro groups is 1. The summed E-state index contributed by atoms with van der Waals surface area (Å²) in [5.41, 5.74) is 0.611. The molecule has 0 saturated heterocycles. The van der Waals surface area contributed by atoms with E-state index < -0.39 is 10.9 Å². The minimum atomic E-state index is -1.13. The number of carboxylic acids is 1. The highest BCUT2D eigenvalue weighted by Crippen LogP contribution is 2.28. The fourth-order valence-corrected chi connectivity index (χ4v) is 2.94. The molecule has 9 nitrogen and oxygen atoms in total. The van der Waals surface area contributed by atoms with Crippen molar-refractivity contribution >= 4 is 28.1 Å². The summed E-state index contributed by atoms with van der Waals surface area (Å²) in [6.45, 7) is 3.08. The van der Waals surface area contributed by atoms with Crippen molar-refractivity contribution in [2.45, 2.75) is 13.8 Å². The Labute approximate surface area is 121 Å². The fraction of sp³-hybridized carbons (Fsp3) is 0.182. The number of hydrogen-bond acceptors (Lipinski definition) is 6. The highest BCUT2D eigenvalue weighted by molar-refractivity contribution is 7.15. The van der Waals surface area contributed by atoms with Crippen molar-refractivity contribution in [3.05, 3.63) is 38.6 Å². The van der Waals surface area contributed by atoms with Crippen LogP contribution in [0.25, 0.3) is 10.8 Å². The average Bonchev–Trinajstić information content (AvgIpc) is 3.00. The van der Waals surface area contributed by atoms with Crippen LogP contribution in [-0.2, 0) is 0 Å². The van der Waals surface area contributed by atoms with Crippen LogP contribution in [0, 0.1) is 24.0 Å². The van der Waals surface area contributed by atoms with Gasteiger partial charge < -0.3 is 15.2 Å². The molecule has 0 saturated carbocycles. The zero-order valence-electron chi connectivity index (χ0n) is 11.0. The topological polar surface area (TPSA) is 116 Å². The van der Waals surface area contributed by atoms with Gasteiger partial charge in [-0.05, 0) is 18.8 Å². The van der Waals surface area contributed by atoms with E-state index in [9.17, 15) is 20.0 Å². The number of aromatic nitrogens is 4. The molecule has 21 heavy (non-hydrogen) atoms. The van der Waals surface area contributed by atoms with Crippen LogP contribution in [0.15, 0.2) is 11.6 Å². The quantitative estimate of drug-likeness (QED) is 0.582. The van der Waals surface area contributed by atoms with Crippen molar-refractivity contribution in [2.75, 3.05) is 0 Å². The fourth-order valence-electron chi connectivity index (χ4n) is 2.23. The van der Waals surface area contributed by atoms with Crippen LogP contribution in [0.2, 0.25) is 0 Å². The molecule has 3 rings (SSSR count). The monoisotopic (exact) mass is 307 g/mol. The zero-order valence-corrected chi connectivity index (χ0v) is 11.8. The highest BCUT2D eigenvalue weighted by Gasteiger charge is 2.29. The second-order valence-electron chi connectivity index (χ2n) is 4.33. The molecule has 108 valence electrons. The summed E-state index contributed by atoms with van der Waals surface area (Å²) in [6.07, 6.45) is 1.54. The molecule has 0 bridgehead atoms. The van der Waals surface area contributed by atoms with Gasteiger partial charge >= 0.3 is 11.8 Å². The Kier molecular flexibility index (Phi) is 2.76. The van der Waals surface area contributed by atoms with E-state index in [4.69, 9.17) is 0 Å². The van der Waals surface area contributed by atoms with Crippen molar-refractivity contribution in [2.24, 2.45) is 0 Å². The molecule has 0 aliphatic rings. The summed E-state index contributed by atoms with van der Waals surface area (Å²) in [6, 6.07) is 0. The van der Waals surface area contributed by atoms with Crippen LogP contribution in [0.5, 0.6) is 0 Å². The minimum absolute atomic E-state index is 0.0138. The Hall–Kier alpha value is -2.75. The zero-order chi connectivity index (χ0) is 15.3. The molecular formula is C11H9N5O4S. The van der Waals surface area contributed by atoms with Gasteiger partial charge in [0.2, 0.25) is 0 Å². The number of rotatable bonds is 3. The van der Waals surface area contributed by atoms with Crippen LogP contribution in [-0.4, -0.2) is 35.2 Å². The molecule has 0 radical (unpaired) electrons. The lowest BCUT2D eigenvalue weighted by molar-refractivity contribution is -0.390. The second kappa shape index (κ2) is 4.38. The Bertz CT molecular complexity index is 890. The van der Waals surface area contributed by atoms with Crippen molar-refractivity contribution in [3.63, 3.8) is 0 Å². The summed E-state index contributed by atoms with van der Waals surface area (Å²) in [5, 5.41) is 26.2. The molecule has 0 aliphatic carbocycles. The van der Waals surface area contributed by atoms with Gasteiger partial charge in [-0.3, -0.25) is 0 Å². The third kappa shape index (κ3) is 1.80. The van der Waals surface area contributed by atoms with Gasteiger partial charge in [-0.2, -0.15) is 14.5 Å². The van der Waals surface area contributed by atoms with Crippen LogP contribution < -0.4 is 0 Å². The van der Waals surface area contributed by atoms with Crippen LogP contribution in [0.3, 0.4) is 0 Å². The number of fused-ring (bicyclic) bond motifs is 1. The van der Waals surface area contributed by atoms with Crippen molar-refractivity contribution in [1.29, 1.82) is 0 Å². The highest BCUT2D eigenvalue weighted by atomic mass is 32.1. The van der Waals surface area contributed by atoms with E-state index in [0.29, 0.717) is 10.7 Å². The van der Waals surface area contributed by atoms with Gasteiger partial charge in [0, 0.05) is 5.38 Å². The lowest BCUT2D eigenvalue weighted by Gasteiger charge is -2.00. The first-order chi connectivity index (χ1) is 9.91. The van der Waals surface area contributed by atoms with Crippen LogP contribution in [0.4, 0.5) is 5.82 Å². The summed E-state index contributed by atoms with van der Waals surface area (Å²) < 4.78 is 2.55. The molecule has 3 aromatic heterocycles. The number of carbonyl (C=O) groups is 1. The average molecular weight is 307 g/mol. The first kappa shape index (κ1) is 13.2. The molecule has 0 aromatic carbocycles. The van der Waals surface area contributed by atoms with Gasteiger partial charge in [0.15, 0.2) is 0 Å². The van der Waals surface area contributed by atoms with Crippen LogP contribution in [0.1, 0.15) is 21.7 Å². The maximum Gasteiger partial charge on any atom is 0.375 e. The largest absolute Gasteiger partial charge is 0.478 e. The Balaban J connectivity index is 2.33. The van der Waals surface area contributed by atoms with Crippen molar-refractivity contribution in [1.82, 2.24) is 19.2 Å². The molecule has 0 aliphatic heterocycles. The molecule has 0 spiro atoms. The first-order valence-electron chi connectivity index (χ1n) is 5.81. The van der Waals surface area contributed by atoms with Gasteiger partial charge in [0.05, 0.1) is 11.4 Å². The van der Waals surface area contributed by atoms with Crippen molar-refractivity contribution in [3.8, 4) is 5.82 Å². The smallest absolute Gasteiger partial charge is 0.375 e. The van der Waals surface area contributed by atoms with Gasteiger partial charge in [0.25, 0.3) is 10.8 Å². The Morgan fingerprint density at radius 1 is 1.48 bits per heavy atom. The minimum Gasteiger partial charge on any atom is -0.478 e. The predicted molar refractivity (Wildman–Crippen MR) is 73.3 cm³/mol. The summed E-state index contributed by atoms with van der Waals surface area (Å²) in [7, 11) is 0. The number of imidazole rings is 1. The van der Waals surface area contributed by atoms with Gasteiger partial charge in [-0.1, -0.05) is 11.3 Å². The third-order valence-corrected chi connectivity index (χ3v) is 3.85. The summed E-state index contributed by atoms with van der Waals surface area (Å²) in [5.74, 6) is -1.35. The van der Waals surface area contributed by atoms with Gasteiger partial charge in [-0.25, -0.2) is 9.48 Å². The number of nitrogens with zero attached hydrogens (tertiary/aromatic N) is 5. The number of carboxylic acid groups (broad SMARTS) is 1. The maximum absolute atomic E-state index is 11.3. The number of aryl methyl sites for hydroxylation is 1. The first-order valence-corrected chi connectivity index (χ1v) is 6.69. The Morgan fingerprint density at radius 2 is 2.19 bits per heavy atom. The number of hydrogen-bond donors (Lipinski definition) is 1. The number of thiazole rings is 1. The second-order valence-corrected chi connectivity index (χ2v) is 5.21. The Morgan fingerprint density at radius 3 is 2.76 bits per heavy atom. The molecule has 3 heterocycles. The van der Waals surface area contributed by atoms with Gasteiger partial charge in [-0.15, -0.1) is 0 Å². The molecule has 1 N–H and O–H groups in total. The van der Waals surface area contributed by atoms with Crippen LogP contribution >= 0.6 is 11.3 Å². The van der Waals surface area contributed by atoms with E-state index in [1.54, 1.807) is 18.5 Å². The normalized spacial score (nSPS) is 11.1. The standard InChI is InChI=1S/C11H9N5O4S/c1-5-7(10(17)18)6(2)15(13-5)8-9(16(19)20)14-3-4-21-11(14)12-8/h3-4H,1-2H3,(H,17,18). The molecule has 0 fully saturated rings. The molecule has 0 amide bonds. The number of aromatic carboxylic acids is 1. The van der Waals surface area contributed by atoms with Crippen molar-refractivity contribution < 1.29 is 14.8 Å². The predicted octanol–water partition coefficient (Wildman–Crippen LogP) is 1.80. The van der Waals surface area contributed by atoms with E-state index in [1.165, 1.54) is 27.3 Å².